The normalized spacial score (nSPS) is 23.3. The highest BCUT2D eigenvalue weighted by Gasteiger charge is 2.34. The molecule has 1 fully saturated rings. The standard InChI is InChI=1S/C12H22N4O2/c1-4-5-16-11(6-13-14-16)15-7-10(8-17)18-12(2,3)9-15/h6,10,17H,4-5,7-9H2,1-3H3. The van der Waals surface area contributed by atoms with E-state index >= 15 is 0 Å². The lowest BCUT2D eigenvalue weighted by molar-refractivity contribution is -0.101. The SMILES string of the molecule is CCCn1nncc1N1CC(CO)OC(C)(C)C1. The summed E-state index contributed by atoms with van der Waals surface area (Å²) < 4.78 is 7.72. The Bertz CT molecular complexity index is 391. The Morgan fingerprint density at radius 2 is 2.33 bits per heavy atom. The van der Waals surface area contributed by atoms with Gasteiger partial charge in [-0.3, -0.25) is 0 Å². The zero-order valence-corrected chi connectivity index (χ0v) is 11.3. The van der Waals surface area contributed by atoms with Crippen LogP contribution in [0, 0.1) is 0 Å². The molecule has 0 amide bonds. The molecule has 102 valence electrons. The van der Waals surface area contributed by atoms with Crippen LogP contribution in [-0.2, 0) is 11.3 Å². The number of aromatic nitrogens is 3. The molecule has 1 saturated heterocycles. The molecule has 0 aliphatic carbocycles. The summed E-state index contributed by atoms with van der Waals surface area (Å²) in [5, 5.41) is 17.4. The third-order valence-corrected chi connectivity index (χ3v) is 3.04. The molecular weight excluding hydrogens is 232 g/mol. The van der Waals surface area contributed by atoms with Crippen LogP contribution in [0.25, 0.3) is 0 Å². The van der Waals surface area contributed by atoms with Crippen LogP contribution in [0.2, 0.25) is 0 Å². The van der Waals surface area contributed by atoms with Crippen LogP contribution in [0.5, 0.6) is 0 Å². The van der Waals surface area contributed by atoms with Gasteiger partial charge in [-0.25, -0.2) is 4.68 Å². The molecule has 2 rings (SSSR count). The summed E-state index contributed by atoms with van der Waals surface area (Å²) in [4.78, 5) is 2.19. The van der Waals surface area contributed by atoms with E-state index in [9.17, 15) is 5.11 Å². The van der Waals surface area contributed by atoms with Gasteiger partial charge >= 0.3 is 0 Å². The van der Waals surface area contributed by atoms with Crippen molar-refractivity contribution >= 4 is 5.82 Å². The molecule has 1 aromatic heterocycles. The lowest BCUT2D eigenvalue weighted by Crippen LogP contribution is -2.54. The van der Waals surface area contributed by atoms with E-state index in [0.717, 1.165) is 25.3 Å². The number of hydrogen-bond acceptors (Lipinski definition) is 5. The Labute approximate surface area is 108 Å². The summed E-state index contributed by atoms with van der Waals surface area (Å²) in [6.07, 6.45) is 2.65. The number of rotatable bonds is 4. The van der Waals surface area contributed by atoms with Gasteiger partial charge in [0.05, 0.1) is 24.5 Å². The predicted molar refractivity (Wildman–Crippen MR) is 68.6 cm³/mol. The van der Waals surface area contributed by atoms with Gasteiger partial charge in [0.1, 0.15) is 5.82 Å². The van der Waals surface area contributed by atoms with Gasteiger partial charge in [0.15, 0.2) is 0 Å². The average molecular weight is 254 g/mol. The Morgan fingerprint density at radius 3 is 3.00 bits per heavy atom. The summed E-state index contributed by atoms with van der Waals surface area (Å²) >= 11 is 0. The van der Waals surface area contributed by atoms with Crippen molar-refractivity contribution in [3.05, 3.63) is 6.20 Å². The zero-order chi connectivity index (χ0) is 13.2. The molecule has 0 saturated carbocycles. The van der Waals surface area contributed by atoms with Gasteiger partial charge in [-0.1, -0.05) is 12.1 Å². The topological polar surface area (TPSA) is 63.4 Å². The minimum Gasteiger partial charge on any atom is -0.394 e. The second kappa shape index (κ2) is 5.24. The molecular formula is C12H22N4O2. The number of aliphatic hydroxyl groups is 1. The molecule has 1 atom stereocenters. The maximum atomic E-state index is 9.32. The van der Waals surface area contributed by atoms with Crippen molar-refractivity contribution in [3.8, 4) is 0 Å². The maximum absolute atomic E-state index is 9.32. The van der Waals surface area contributed by atoms with E-state index in [0.29, 0.717) is 6.54 Å². The summed E-state index contributed by atoms with van der Waals surface area (Å²) in [7, 11) is 0. The molecule has 1 aliphatic heterocycles. The second-order valence-electron chi connectivity index (χ2n) is 5.38. The summed E-state index contributed by atoms with van der Waals surface area (Å²) in [6.45, 7) is 8.54. The predicted octanol–water partition coefficient (Wildman–Crippen LogP) is 0.664. The summed E-state index contributed by atoms with van der Waals surface area (Å²) in [6, 6.07) is 0. The minimum absolute atomic E-state index is 0.0370. The van der Waals surface area contributed by atoms with Crippen molar-refractivity contribution in [1.82, 2.24) is 15.0 Å². The van der Waals surface area contributed by atoms with Gasteiger partial charge in [-0.05, 0) is 20.3 Å². The first kappa shape index (κ1) is 13.3. The van der Waals surface area contributed by atoms with Crippen LogP contribution >= 0.6 is 0 Å². The molecule has 2 heterocycles. The monoisotopic (exact) mass is 254 g/mol. The van der Waals surface area contributed by atoms with Crippen LogP contribution in [0.1, 0.15) is 27.2 Å². The van der Waals surface area contributed by atoms with E-state index in [4.69, 9.17) is 4.74 Å². The van der Waals surface area contributed by atoms with Crippen molar-refractivity contribution in [3.63, 3.8) is 0 Å². The highest BCUT2D eigenvalue weighted by molar-refractivity contribution is 5.37. The van der Waals surface area contributed by atoms with Gasteiger partial charge in [0, 0.05) is 19.6 Å². The van der Waals surface area contributed by atoms with Crippen LogP contribution in [-0.4, -0.2) is 51.5 Å². The van der Waals surface area contributed by atoms with E-state index in [1.165, 1.54) is 0 Å². The molecule has 0 aromatic carbocycles. The lowest BCUT2D eigenvalue weighted by Gasteiger charge is -2.43. The first-order chi connectivity index (χ1) is 8.55. The highest BCUT2D eigenvalue weighted by atomic mass is 16.5. The number of morpholine rings is 1. The number of hydrogen-bond donors (Lipinski definition) is 1. The first-order valence-corrected chi connectivity index (χ1v) is 6.48. The van der Waals surface area contributed by atoms with Gasteiger partial charge in [0.25, 0.3) is 0 Å². The molecule has 1 aromatic rings. The van der Waals surface area contributed by atoms with Crippen molar-refractivity contribution in [2.24, 2.45) is 0 Å². The average Bonchev–Trinajstić information content (AvgIpc) is 2.75. The Morgan fingerprint density at radius 1 is 1.56 bits per heavy atom. The van der Waals surface area contributed by atoms with E-state index in [1.807, 2.05) is 18.5 Å². The van der Waals surface area contributed by atoms with Crippen LogP contribution < -0.4 is 4.90 Å². The lowest BCUT2D eigenvalue weighted by atomic mass is 10.1. The molecule has 0 bridgehead atoms. The molecule has 0 spiro atoms. The third-order valence-electron chi connectivity index (χ3n) is 3.04. The quantitative estimate of drug-likeness (QED) is 0.855. The van der Waals surface area contributed by atoms with Crippen molar-refractivity contribution in [2.75, 3.05) is 24.6 Å². The fourth-order valence-electron chi connectivity index (χ4n) is 2.43. The van der Waals surface area contributed by atoms with Crippen LogP contribution in [0.15, 0.2) is 6.20 Å². The van der Waals surface area contributed by atoms with Crippen molar-refractivity contribution in [1.29, 1.82) is 0 Å². The summed E-state index contributed by atoms with van der Waals surface area (Å²) in [5.74, 6) is 1.01. The van der Waals surface area contributed by atoms with Crippen molar-refractivity contribution in [2.45, 2.75) is 45.4 Å². The molecule has 6 nitrogen and oxygen atoms in total. The zero-order valence-electron chi connectivity index (χ0n) is 11.3. The minimum atomic E-state index is -0.271. The van der Waals surface area contributed by atoms with E-state index in [1.54, 1.807) is 6.20 Å². The molecule has 1 unspecified atom stereocenters. The first-order valence-electron chi connectivity index (χ1n) is 6.48. The number of nitrogens with zero attached hydrogens (tertiary/aromatic N) is 4. The van der Waals surface area contributed by atoms with E-state index in [2.05, 4.69) is 22.1 Å². The Balaban J connectivity index is 2.18. The maximum Gasteiger partial charge on any atom is 0.147 e. The second-order valence-corrected chi connectivity index (χ2v) is 5.38. The molecule has 1 aliphatic rings. The number of ether oxygens (including phenoxy) is 1. The van der Waals surface area contributed by atoms with Gasteiger partial charge in [-0.15, -0.1) is 5.10 Å². The third kappa shape index (κ3) is 2.81. The van der Waals surface area contributed by atoms with E-state index < -0.39 is 0 Å². The molecule has 0 radical (unpaired) electrons. The van der Waals surface area contributed by atoms with E-state index in [-0.39, 0.29) is 18.3 Å². The number of aryl methyl sites for hydroxylation is 1. The number of anilines is 1. The van der Waals surface area contributed by atoms with Crippen LogP contribution in [0.4, 0.5) is 5.82 Å². The molecule has 6 heteroatoms. The molecule has 1 N–H and O–H groups in total. The molecule has 18 heavy (non-hydrogen) atoms. The van der Waals surface area contributed by atoms with Gasteiger partial charge in [-0.2, -0.15) is 0 Å². The Hall–Kier alpha value is -1.14. The van der Waals surface area contributed by atoms with Crippen LogP contribution in [0.3, 0.4) is 0 Å². The summed E-state index contributed by atoms with van der Waals surface area (Å²) in [5.41, 5.74) is -0.271. The van der Waals surface area contributed by atoms with Gasteiger partial charge in [0.2, 0.25) is 0 Å². The fraction of sp³-hybridized carbons (Fsp3) is 0.833. The van der Waals surface area contributed by atoms with Gasteiger partial charge < -0.3 is 14.7 Å². The van der Waals surface area contributed by atoms with Crippen molar-refractivity contribution < 1.29 is 9.84 Å². The number of aliphatic hydroxyl groups excluding tert-OH is 1. The largest absolute Gasteiger partial charge is 0.394 e. The fourth-order valence-corrected chi connectivity index (χ4v) is 2.43. The highest BCUT2D eigenvalue weighted by Crippen LogP contribution is 2.25. The Kier molecular flexibility index (Phi) is 3.87. The smallest absolute Gasteiger partial charge is 0.147 e.